The summed E-state index contributed by atoms with van der Waals surface area (Å²) in [7, 11) is 1.85. The molecular weight excluding hydrogens is 222 g/mol. The van der Waals surface area contributed by atoms with Crippen LogP contribution in [0.25, 0.3) is 0 Å². The molecule has 1 aromatic rings. The van der Waals surface area contributed by atoms with Crippen LogP contribution >= 0.6 is 11.3 Å². The lowest BCUT2D eigenvalue weighted by Gasteiger charge is -2.10. The Kier molecular flexibility index (Phi) is 4.89. The zero-order chi connectivity index (χ0) is 12.1. The molecule has 0 radical (unpaired) electrons. The van der Waals surface area contributed by atoms with E-state index < -0.39 is 0 Å². The van der Waals surface area contributed by atoms with Crippen LogP contribution in [0.5, 0.6) is 0 Å². The molecule has 0 bridgehead atoms. The molecule has 1 aromatic heterocycles. The summed E-state index contributed by atoms with van der Waals surface area (Å²) in [5, 5.41) is 6.97. The second kappa shape index (κ2) is 5.96. The molecule has 5 heteroatoms. The first-order chi connectivity index (χ1) is 7.54. The van der Waals surface area contributed by atoms with Gasteiger partial charge in [0.1, 0.15) is 0 Å². The lowest BCUT2D eigenvalue weighted by molar-refractivity contribution is -0.124. The number of amides is 1. The molecule has 0 spiro atoms. The molecule has 1 amide bonds. The van der Waals surface area contributed by atoms with E-state index in [-0.39, 0.29) is 11.8 Å². The van der Waals surface area contributed by atoms with Crippen molar-refractivity contribution in [3.05, 3.63) is 15.6 Å². The average molecular weight is 241 g/mol. The number of nitrogens with zero attached hydrogens (tertiary/aromatic N) is 1. The third kappa shape index (κ3) is 3.57. The monoisotopic (exact) mass is 241 g/mol. The van der Waals surface area contributed by atoms with Crippen molar-refractivity contribution in [3.8, 4) is 0 Å². The van der Waals surface area contributed by atoms with Crippen LogP contribution in [0.15, 0.2) is 0 Å². The fourth-order valence-corrected chi connectivity index (χ4v) is 2.35. The molecule has 90 valence electrons. The average Bonchev–Trinajstić information content (AvgIpc) is 2.54. The van der Waals surface area contributed by atoms with Crippen molar-refractivity contribution in [2.24, 2.45) is 5.92 Å². The molecule has 0 saturated carbocycles. The molecule has 2 N–H and O–H groups in total. The Morgan fingerprint density at radius 2 is 2.19 bits per heavy atom. The highest BCUT2D eigenvalue weighted by Crippen LogP contribution is 2.16. The molecule has 1 atom stereocenters. The quantitative estimate of drug-likeness (QED) is 0.815. The Morgan fingerprint density at radius 3 is 2.69 bits per heavy atom. The number of rotatable bonds is 5. The predicted octanol–water partition coefficient (Wildman–Crippen LogP) is 1.23. The number of thiazole rings is 1. The molecule has 1 unspecified atom stereocenters. The molecule has 1 heterocycles. The highest BCUT2D eigenvalue weighted by Gasteiger charge is 2.12. The minimum Gasteiger partial charge on any atom is -0.351 e. The van der Waals surface area contributed by atoms with Crippen LogP contribution in [0.1, 0.15) is 22.5 Å². The molecule has 0 saturated heterocycles. The Hall–Kier alpha value is -0.940. The smallest absolute Gasteiger partial charge is 0.224 e. The van der Waals surface area contributed by atoms with Gasteiger partial charge < -0.3 is 10.6 Å². The van der Waals surface area contributed by atoms with E-state index in [1.807, 2.05) is 27.8 Å². The number of nitrogens with one attached hydrogen (secondary N) is 2. The first-order valence-corrected chi connectivity index (χ1v) is 6.21. The Morgan fingerprint density at radius 1 is 1.50 bits per heavy atom. The summed E-state index contributed by atoms with van der Waals surface area (Å²) in [6.07, 6.45) is 0. The van der Waals surface area contributed by atoms with E-state index in [1.165, 1.54) is 0 Å². The summed E-state index contributed by atoms with van der Waals surface area (Å²) in [5.41, 5.74) is 1.02. The van der Waals surface area contributed by atoms with Gasteiger partial charge in [0.15, 0.2) is 0 Å². The topological polar surface area (TPSA) is 54.0 Å². The molecule has 0 fully saturated rings. The summed E-state index contributed by atoms with van der Waals surface area (Å²) in [5.74, 6) is 0.0825. The standard InChI is InChI=1S/C11H19N3OS/c1-7(5-12-4)11(15)13-6-10-8(2)14-9(3)16-10/h7,12H,5-6H2,1-4H3,(H,13,15). The highest BCUT2D eigenvalue weighted by atomic mass is 32.1. The van der Waals surface area contributed by atoms with Gasteiger partial charge in [-0.1, -0.05) is 6.92 Å². The summed E-state index contributed by atoms with van der Waals surface area (Å²) >= 11 is 1.64. The van der Waals surface area contributed by atoms with E-state index in [0.29, 0.717) is 13.1 Å². The maximum Gasteiger partial charge on any atom is 0.224 e. The van der Waals surface area contributed by atoms with Gasteiger partial charge in [0.25, 0.3) is 0 Å². The molecule has 16 heavy (non-hydrogen) atoms. The minimum absolute atomic E-state index is 0.000625. The van der Waals surface area contributed by atoms with Crippen molar-refractivity contribution in [2.45, 2.75) is 27.3 Å². The number of carbonyl (C=O) groups is 1. The lowest BCUT2D eigenvalue weighted by Crippen LogP contribution is -2.33. The van der Waals surface area contributed by atoms with Gasteiger partial charge in [-0.25, -0.2) is 4.98 Å². The van der Waals surface area contributed by atoms with Crippen LogP contribution in [0.2, 0.25) is 0 Å². The SMILES string of the molecule is CNCC(C)C(=O)NCc1sc(C)nc1C. The van der Waals surface area contributed by atoms with Crippen molar-refractivity contribution in [2.75, 3.05) is 13.6 Å². The third-order valence-electron chi connectivity index (χ3n) is 2.38. The van der Waals surface area contributed by atoms with E-state index in [1.54, 1.807) is 11.3 Å². The number of aromatic nitrogens is 1. The van der Waals surface area contributed by atoms with Crippen LogP contribution in [-0.4, -0.2) is 24.5 Å². The van der Waals surface area contributed by atoms with E-state index in [0.717, 1.165) is 15.6 Å². The molecular formula is C11H19N3OS. The van der Waals surface area contributed by atoms with Gasteiger partial charge in [-0.3, -0.25) is 4.79 Å². The van der Waals surface area contributed by atoms with Gasteiger partial charge >= 0.3 is 0 Å². The van der Waals surface area contributed by atoms with Gasteiger partial charge in [-0.15, -0.1) is 11.3 Å². The molecule has 0 aliphatic heterocycles. The van der Waals surface area contributed by atoms with Gasteiger partial charge in [0.2, 0.25) is 5.91 Å². The summed E-state index contributed by atoms with van der Waals surface area (Å²) in [6.45, 7) is 7.15. The molecule has 0 aromatic carbocycles. The Bertz CT molecular complexity index is 362. The number of hydrogen-bond donors (Lipinski definition) is 2. The summed E-state index contributed by atoms with van der Waals surface area (Å²) in [4.78, 5) is 17.1. The second-order valence-corrected chi connectivity index (χ2v) is 5.21. The highest BCUT2D eigenvalue weighted by molar-refractivity contribution is 7.11. The van der Waals surface area contributed by atoms with E-state index >= 15 is 0 Å². The first kappa shape index (κ1) is 13.1. The lowest BCUT2D eigenvalue weighted by atomic mass is 10.1. The van der Waals surface area contributed by atoms with Crippen molar-refractivity contribution < 1.29 is 4.79 Å². The van der Waals surface area contributed by atoms with Crippen molar-refractivity contribution in [1.29, 1.82) is 0 Å². The normalized spacial score (nSPS) is 12.5. The van der Waals surface area contributed by atoms with Crippen LogP contribution in [0, 0.1) is 19.8 Å². The molecule has 1 rings (SSSR count). The van der Waals surface area contributed by atoms with Crippen molar-refractivity contribution >= 4 is 17.2 Å². The Labute approximate surface area is 100 Å². The molecule has 4 nitrogen and oxygen atoms in total. The van der Waals surface area contributed by atoms with Crippen LogP contribution < -0.4 is 10.6 Å². The van der Waals surface area contributed by atoms with E-state index in [9.17, 15) is 4.79 Å². The summed E-state index contributed by atoms with van der Waals surface area (Å²) < 4.78 is 0. The molecule has 0 aliphatic rings. The predicted molar refractivity (Wildman–Crippen MR) is 66.5 cm³/mol. The minimum atomic E-state index is -0.000625. The maximum absolute atomic E-state index is 11.7. The van der Waals surface area contributed by atoms with Crippen molar-refractivity contribution in [3.63, 3.8) is 0 Å². The maximum atomic E-state index is 11.7. The van der Waals surface area contributed by atoms with Crippen LogP contribution in [-0.2, 0) is 11.3 Å². The zero-order valence-corrected chi connectivity index (χ0v) is 11.1. The van der Waals surface area contributed by atoms with E-state index in [4.69, 9.17) is 0 Å². The molecule has 0 aliphatic carbocycles. The zero-order valence-electron chi connectivity index (χ0n) is 10.3. The van der Waals surface area contributed by atoms with E-state index in [2.05, 4.69) is 15.6 Å². The van der Waals surface area contributed by atoms with Crippen LogP contribution in [0.3, 0.4) is 0 Å². The van der Waals surface area contributed by atoms with Gasteiger partial charge in [0, 0.05) is 17.3 Å². The fraction of sp³-hybridized carbons (Fsp3) is 0.636. The Balaban J connectivity index is 2.45. The van der Waals surface area contributed by atoms with Crippen LogP contribution in [0.4, 0.5) is 0 Å². The largest absolute Gasteiger partial charge is 0.351 e. The first-order valence-electron chi connectivity index (χ1n) is 5.39. The second-order valence-electron chi connectivity index (χ2n) is 3.92. The number of carbonyl (C=O) groups excluding carboxylic acids is 1. The number of hydrogen-bond acceptors (Lipinski definition) is 4. The van der Waals surface area contributed by atoms with Gasteiger partial charge in [0.05, 0.1) is 17.2 Å². The van der Waals surface area contributed by atoms with Crippen molar-refractivity contribution in [1.82, 2.24) is 15.6 Å². The van der Waals surface area contributed by atoms with Gasteiger partial charge in [-0.2, -0.15) is 0 Å². The third-order valence-corrected chi connectivity index (χ3v) is 3.45. The summed E-state index contributed by atoms with van der Waals surface area (Å²) in [6, 6.07) is 0. The fourth-order valence-electron chi connectivity index (χ4n) is 1.48. The number of aryl methyl sites for hydroxylation is 2. The van der Waals surface area contributed by atoms with Gasteiger partial charge in [-0.05, 0) is 20.9 Å².